The Morgan fingerprint density at radius 2 is 2.30 bits per heavy atom. The van der Waals surface area contributed by atoms with E-state index in [-0.39, 0.29) is 6.04 Å². The third-order valence-corrected chi connectivity index (χ3v) is 3.99. The minimum atomic E-state index is 0.281. The Kier molecular flexibility index (Phi) is 3.74. The van der Waals surface area contributed by atoms with Gasteiger partial charge in [-0.2, -0.15) is 5.10 Å². The molecule has 3 rings (SSSR count). The third kappa shape index (κ3) is 2.56. The SMILES string of the molecule is CCC(NC(C)c1cn[nH]c1)c1ccc2c(c1)CCO2. The predicted octanol–water partition coefficient (Wildman–Crippen LogP) is 3.15. The Bertz CT molecular complexity index is 565. The molecule has 1 aliphatic heterocycles. The maximum Gasteiger partial charge on any atom is 0.122 e. The Hall–Kier alpha value is -1.81. The van der Waals surface area contributed by atoms with Crippen molar-refractivity contribution in [2.75, 3.05) is 6.61 Å². The van der Waals surface area contributed by atoms with Crippen LogP contribution in [0.3, 0.4) is 0 Å². The van der Waals surface area contributed by atoms with Crippen molar-refractivity contribution >= 4 is 0 Å². The molecule has 1 aromatic heterocycles. The molecular formula is C16H21N3O. The van der Waals surface area contributed by atoms with E-state index in [9.17, 15) is 0 Å². The lowest BCUT2D eigenvalue weighted by atomic mass is 9.99. The van der Waals surface area contributed by atoms with Crippen molar-refractivity contribution in [1.82, 2.24) is 15.5 Å². The van der Waals surface area contributed by atoms with E-state index >= 15 is 0 Å². The molecule has 20 heavy (non-hydrogen) atoms. The second-order valence-corrected chi connectivity index (χ2v) is 5.35. The van der Waals surface area contributed by atoms with Crippen LogP contribution >= 0.6 is 0 Å². The number of nitrogens with one attached hydrogen (secondary N) is 2. The molecule has 0 saturated heterocycles. The lowest BCUT2D eigenvalue weighted by molar-refractivity contribution is 0.356. The number of hydrogen-bond donors (Lipinski definition) is 2. The molecule has 1 aromatic carbocycles. The van der Waals surface area contributed by atoms with Gasteiger partial charge in [-0.05, 0) is 30.5 Å². The van der Waals surface area contributed by atoms with Gasteiger partial charge in [0.15, 0.2) is 0 Å². The van der Waals surface area contributed by atoms with E-state index in [1.54, 1.807) is 0 Å². The van der Waals surface area contributed by atoms with Gasteiger partial charge >= 0.3 is 0 Å². The molecule has 0 amide bonds. The Morgan fingerprint density at radius 1 is 1.40 bits per heavy atom. The van der Waals surface area contributed by atoms with Crippen LogP contribution in [0.1, 0.15) is 49.0 Å². The quantitative estimate of drug-likeness (QED) is 0.878. The van der Waals surface area contributed by atoms with Gasteiger partial charge in [-0.15, -0.1) is 0 Å². The topological polar surface area (TPSA) is 49.9 Å². The van der Waals surface area contributed by atoms with E-state index in [2.05, 4.69) is 47.6 Å². The van der Waals surface area contributed by atoms with Gasteiger partial charge in [0, 0.05) is 30.3 Å². The summed E-state index contributed by atoms with van der Waals surface area (Å²) in [6.45, 7) is 5.20. The number of rotatable bonds is 5. The number of benzene rings is 1. The van der Waals surface area contributed by atoms with Crippen LogP contribution in [-0.4, -0.2) is 16.8 Å². The molecule has 0 saturated carbocycles. The van der Waals surface area contributed by atoms with Crippen LogP contribution in [0.2, 0.25) is 0 Å². The number of fused-ring (bicyclic) bond motifs is 1. The van der Waals surface area contributed by atoms with E-state index in [4.69, 9.17) is 4.74 Å². The fourth-order valence-corrected chi connectivity index (χ4v) is 2.77. The van der Waals surface area contributed by atoms with E-state index in [0.717, 1.165) is 25.2 Å². The zero-order valence-corrected chi connectivity index (χ0v) is 12.0. The molecule has 1 aliphatic rings. The first-order valence-corrected chi connectivity index (χ1v) is 7.28. The highest BCUT2D eigenvalue weighted by Crippen LogP contribution is 2.30. The van der Waals surface area contributed by atoms with Crippen LogP contribution in [0.5, 0.6) is 5.75 Å². The largest absolute Gasteiger partial charge is 0.493 e. The summed E-state index contributed by atoms with van der Waals surface area (Å²) in [5.74, 6) is 1.05. The molecule has 2 N–H and O–H groups in total. The number of hydrogen-bond acceptors (Lipinski definition) is 3. The number of aromatic nitrogens is 2. The smallest absolute Gasteiger partial charge is 0.122 e. The molecule has 2 heterocycles. The lowest BCUT2D eigenvalue weighted by Gasteiger charge is -2.22. The molecule has 4 heteroatoms. The van der Waals surface area contributed by atoms with Crippen LogP contribution in [0.15, 0.2) is 30.6 Å². The first-order chi connectivity index (χ1) is 9.78. The highest BCUT2D eigenvalue weighted by molar-refractivity contribution is 5.40. The monoisotopic (exact) mass is 271 g/mol. The van der Waals surface area contributed by atoms with E-state index < -0.39 is 0 Å². The molecule has 0 radical (unpaired) electrons. The maximum atomic E-state index is 5.57. The minimum Gasteiger partial charge on any atom is -0.493 e. The van der Waals surface area contributed by atoms with Gasteiger partial charge in [0.25, 0.3) is 0 Å². The summed E-state index contributed by atoms with van der Waals surface area (Å²) in [5, 5.41) is 10.6. The van der Waals surface area contributed by atoms with Crippen molar-refractivity contribution in [1.29, 1.82) is 0 Å². The average Bonchev–Trinajstić information content (AvgIpc) is 3.14. The summed E-state index contributed by atoms with van der Waals surface area (Å²) in [7, 11) is 0. The van der Waals surface area contributed by atoms with Crippen LogP contribution in [0.25, 0.3) is 0 Å². The second-order valence-electron chi connectivity index (χ2n) is 5.35. The number of ether oxygens (including phenoxy) is 1. The average molecular weight is 271 g/mol. The third-order valence-electron chi connectivity index (χ3n) is 3.99. The normalized spacial score (nSPS) is 16.5. The van der Waals surface area contributed by atoms with Gasteiger partial charge in [0.05, 0.1) is 12.8 Å². The number of H-pyrrole nitrogens is 1. The van der Waals surface area contributed by atoms with E-state index in [0.29, 0.717) is 6.04 Å². The maximum absolute atomic E-state index is 5.57. The predicted molar refractivity (Wildman–Crippen MR) is 78.8 cm³/mol. The fourth-order valence-electron chi connectivity index (χ4n) is 2.77. The van der Waals surface area contributed by atoms with E-state index in [1.165, 1.54) is 16.7 Å². The molecule has 2 aromatic rings. The van der Waals surface area contributed by atoms with Crippen LogP contribution in [-0.2, 0) is 6.42 Å². The number of aromatic amines is 1. The zero-order valence-electron chi connectivity index (χ0n) is 12.0. The Morgan fingerprint density at radius 3 is 3.05 bits per heavy atom. The minimum absolute atomic E-state index is 0.281. The van der Waals surface area contributed by atoms with Gasteiger partial charge in [-0.25, -0.2) is 0 Å². The van der Waals surface area contributed by atoms with Crippen molar-refractivity contribution in [3.63, 3.8) is 0 Å². The van der Waals surface area contributed by atoms with Crippen LogP contribution in [0.4, 0.5) is 0 Å². The van der Waals surface area contributed by atoms with Gasteiger partial charge in [-0.3, -0.25) is 5.10 Å². The number of nitrogens with zero attached hydrogens (tertiary/aromatic N) is 1. The first-order valence-electron chi connectivity index (χ1n) is 7.28. The summed E-state index contributed by atoms with van der Waals surface area (Å²) in [6, 6.07) is 7.19. The highest BCUT2D eigenvalue weighted by Gasteiger charge is 2.18. The molecule has 0 spiro atoms. The summed E-state index contributed by atoms with van der Waals surface area (Å²) >= 11 is 0. The van der Waals surface area contributed by atoms with Gasteiger partial charge in [-0.1, -0.05) is 19.1 Å². The lowest BCUT2D eigenvalue weighted by Crippen LogP contribution is -2.24. The standard InChI is InChI=1S/C16H21N3O/c1-3-15(19-11(2)14-9-17-18-10-14)12-4-5-16-13(8-12)6-7-20-16/h4-5,8-11,15,19H,3,6-7H2,1-2H3,(H,17,18). The zero-order chi connectivity index (χ0) is 13.9. The summed E-state index contributed by atoms with van der Waals surface area (Å²) < 4.78 is 5.57. The molecule has 2 unspecified atom stereocenters. The van der Waals surface area contributed by atoms with Crippen molar-refractivity contribution in [3.8, 4) is 5.75 Å². The Balaban J connectivity index is 1.76. The molecule has 4 nitrogen and oxygen atoms in total. The summed E-state index contributed by atoms with van der Waals surface area (Å²) in [6.07, 6.45) is 5.90. The molecule has 0 aliphatic carbocycles. The van der Waals surface area contributed by atoms with Gasteiger partial charge < -0.3 is 10.1 Å². The van der Waals surface area contributed by atoms with Crippen molar-refractivity contribution in [2.24, 2.45) is 0 Å². The summed E-state index contributed by atoms with van der Waals surface area (Å²) in [4.78, 5) is 0. The van der Waals surface area contributed by atoms with Crippen LogP contribution < -0.4 is 10.1 Å². The Labute approximate surface area is 119 Å². The fraction of sp³-hybridized carbons (Fsp3) is 0.438. The molecular weight excluding hydrogens is 250 g/mol. The van der Waals surface area contributed by atoms with Crippen molar-refractivity contribution in [3.05, 3.63) is 47.3 Å². The second kappa shape index (κ2) is 5.67. The molecule has 106 valence electrons. The highest BCUT2D eigenvalue weighted by atomic mass is 16.5. The van der Waals surface area contributed by atoms with E-state index in [1.807, 2.05) is 12.4 Å². The van der Waals surface area contributed by atoms with Crippen molar-refractivity contribution in [2.45, 2.75) is 38.8 Å². The van der Waals surface area contributed by atoms with Gasteiger partial charge in [0.1, 0.15) is 5.75 Å². The van der Waals surface area contributed by atoms with Crippen molar-refractivity contribution < 1.29 is 4.74 Å². The van der Waals surface area contributed by atoms with Gasteiger partial charge in [0.2, 0.25) is 0 Å². The first kappa shape index (κ1) is 13.2. The summed E-state index contributed by atoms with van der Waals surface area (Å²) in [5.41, 5.74) is 3.86. The molecule has 0 bridgehead atoms. The van der Waals surface area contributed by atoms with Crippen LogP contribution in [0, 0.1) is 0 Å². The molecule has 0 fully saturated rings. The molecule has 2 atom stereocenters.